The molecule has 0 aromatic heterocycles. The molecule has 1 spiro atoms. The van der Waals surface area contributed by atoms with Gasteiger partial charge in [-0.15, -0.1) is 0 Å². The third kappa shape index (κ3) is 3.77. The Hall–Kier alpha value is -0.200. The lowest BCUT2D eigenvalue weighted by molar-refractivity contribution is -0.179. The van der Waals surface area contributed by atoms with Crippen molar-refractivity contribution in [3.05, 3.63) is 0 Å². The van der Waals surface area contributed by atoms with Crippen LogP contribution in [0.25, 0.3) is 0 Å². The Morgan fingerprint density at radius 3 is 2.24 bits per heavy atom. The van der Waals surface area contributed by atoms with Gasteiger partial charge in [0, 0.05) is 44.1 Å². The van der Waals surface area contributed by atoms with Crippen LogP contribution in [-0.2, 0) is 14.2 Å². The normalized spacial score (nSPS) is 30.6. The van der Waals surface area contributed by atoms with E-state index in [0.717, 1.165) is 65.2 Å². The highest BCUT2D eigenvalue weighted by molar-refractivity contribution is 4.88. The Labute approximate surface area is 128 Å². The zero-order valence-electron chi connectivity index (χ0n) is 13.5. The van der Waals surface area contributed by atoms with E-state index in [1.807, 2.05) is 0 Å². The number of ether oxygens (including phenoxy) is 3. The summed E-state index contributed by atoms with van der Waals surface area (Å²) in [6.45, 7) is 10.0. The van der Waals surface area contributed by atoms with Gasteiger partial charge in [0.05, 0.1) is 26.4 Å². The largest absolute Gasteiger partial charge is 0.379 e. The lowest BCUT2D eigenvalue weighted by atomic mass is 9.89. The van der Waals surface area contributed by atoms with Gasteiger partial charge in [0.15, 0.2) is 5.79 Å². The van der Waals surface area contributed by atoms with Crippen molar-refractivity contribution in [1.29, 1.82) is 0 Å². The molecule has 3 aliphatic rings. The number of nitrogens with one attached hydrogen (secondary N) is 1. The number of morpholine rings is 1. The summed E-state index contributed by atoms with van der Waals surface area (Å²) in [6, 6.07) is 1.67. The lowest BCUT2D eigenvalue weighted by Gasteiger charge is -2.40. The average Bonchev–Trinajstić information content (AvgIpc) is 2.98. The van der Waals surface area contributed by atoms with Crippen LogP contribution in [0.1, 0.15) is 39.5 Å². The summed E-state index contributed by atoms with van der Waals surface area (Å²) in [4.78, 5) is 2.54. The first-order valence-electron chi connectivity index (χ1n) is 8.54. The zero-order valence-corrected chi connectivity index (χ0v) is 13.5. The van der Waals surface area contributed by atoms with Gasteiger partial charge >= 0.3 is 0 Å². The minimum Gasteiger partial charge on any atom is -0.379 e. The van der Waals surface area contributed by atoms with Crippen molar-refractivity contribution < 1.29 is 14.2 Å². The number of hydrogen-bond acceptors (Lipinski definition) is 5. The first kappa shape index (κ1) is 15.7. The summed E-state index contributed by atoms with van der Waals surface area (Å²) in [5.41, 5.74) is 0. The second-order valence-corrected chi connectivity index (χ2v) is 6.73. The highest BCUT2D eigenvalue weighted by atomic mass is 16.7. The zero-order chi connectivity index (χ0) is 14.7. The van der Waals surface area contributed by atoms with E-state index in [4.69, 9.17) is 14.2 Å². The van der Waals surface area contributed by atoms with Crippen LogP contribution in [0.4, 0.5) is 0 Å². The van der Waals surface area contributed by atoms with Crippen molar-refractivity contribution in [3.63, 3.8) is 0 Å². The Bertz CT molecular complexity index is 317. The van der Waals surface area contributed by atoms with Gasteiger partial charge in [-0.1, -0.05) is 0 Å². The Balaban J connectivity index is 1.43. The minimum atomic E-state index is -0.239. The molecule has 5 nitrogen and oxygen atoms in total. The van der Waals surface area contributed by atoms with Gasteiger partial charge in [0.2, 0.25) is 0 Å². The number of nitrogens with zero attached hydrogens (tertiary/aromatic N) is 1. The Kier molecular flexibility index (Phi) is 5.17. The van der Waals surface area contributed by atoms with Crippen LogP contribution in [0.2, 0.25) is 0 Å². The van der Waals surface area contributed by atoms with Crippen LogP contribution in [0.15, 0.2) is 0 Å². The van der Waals surface area contributed by atoms with Gasteiger partial charge in [0.25, 0.3) is 0 Å². The monoisotopic (exact) mass is 298 g/mol. The summed E-state index contributed by atoms with van der Waals surface area (Å²) in [7, 11) is 0. The maximum atomic E-state index is 5.81. The van der Waals surface area contributed by atoms with Crippen LogP contribution < -0.4 is 5.32 Å². The fourth-order valence-corrected chi connectivity index (χ4v) is 3.82. The molecule has 3 fully saturated rings. The smallest absolute Gasteiger partial charge is 0.168 e. The molecule has 2 atom stereocenters. The van der Waals surface area contributed by atoms with E-state index in [1.54, 1.807) is 0 Å². The van der Waals surface area contributed by atoms with Crippen LogP contribution >= 0.6 is 0 Å². The SMILES string of the molecule is C[C@H](NC1CCC2(CC1)OCCO2)[C@@H](C)N1CCOCC1. The molecule has 3 rings (SSSR count). The minimum absolute atomic E-state index is 0.239. The van der Waals surface area contributed by atoms with E-state index in [9.17, 15) is 0 Å². The van der Waals surface area contributed by atoms with Gasteiger partial charge in [-0.2, -0.15) is 0 Å². The fraction of sp³-hybridized carbons (Fsp3) is 1.00. The van der Waals surface area contributed by atoms with Gasteiger partial charge in [-0.25, -0.2) is 0 Å². The third-order valence-electron chi connectivity index (χ3n) is 5.40. The van der Waals surface area contributed by atoms with Crippen molar-refractivity contribution in [2.75, 3.05) is 39.5 Å². The lowest BCUT2D eigenvalue weighted by Crippen LogP contribution is -2.54. The first-order chi connectivity index (χ1) is 10.2. The average molecular weight is 298 g/mol. The van der Waals surface area contributed by atoms with Crippen LogP contribution in [0, 0.1) is 0 Å². The van der Waals surface area contributed by atoms with E-state index in [-0.39, 0.29) is 5.79 Å². The van der Waals surface area contributed by atoms with E-state index in [2.05, 4.69) is 24.1 Å². The van der Waals surface area contributed by atoms with Crippen molar-refractivity contribution in [2.24, 2.45) is 0 Å². The highest BCUT2D eigenvalue weighted by Gasteiger charge is 2.40. The molecule has 2 aliphatic heterocycles. The second kappa shape index (κ2) is 6.92. The van der Waals surface area contributed by atoms with Crippen molar-refractivity contribution >= 4 is 0 Å². The molecular weight excluding hydrogens is 268 g/mol. The first-order valence-corrected chi connectivity index (χ1v) is 8.54. The molecule has 21 heavy (non-hydrogen) atoms. The fourth-order valence-electron chi connectivity index (χ4n) is 3.82. The highest BCUT2D eigenvalue weighted by Crippen LogP contribution is 2.35. The van der Waals surface area contributed by atoms with Crippen molar-refractivity contribution in [3.8, 4) is 0 Å². The molecule has 0 amide bonds. The van der Waals surface area contributed by atoms with E-state index < -0.39 is 0 Å². The topological polar surface area (TPSA) is 43.0 Å². The predicted molar refractivity (Wildman–Crippen MR) is 81.3 cm³/mol. The Morgan fingerprint density at radius 1 is 1.00 bits per heavy atom. The second-order valence-electron chi connectivity index (χ2n) is 6.73. The maximum absolute atomic E-state index is 5.81. The molecule has 122 valence electrons. The Morgan fingerprint density at radius 2 is 1.62 bits per heavy atom. The molecule has 0 aromatic carbocycles. The summed E-state index contributed by atoms with van der Waals surface area (Å²) in [5, 5.41) is 3.83. The standard InChI is InChI=1S/C16H30N2O3/c1-13(14(2)18-7-9-19-10-8-18)17-15-3-5-16(6-4-15)20-11-12-21-16/h13-15,17H,3-12H2,1-2H3/t13-,14+/m0/s1. The van der Waals surface area contributed by atoms with Gasteiger partial charge in [-0.3, -0.25) is 4.90 Å². The van der Waals surface area contributed by atoms with E-state index >= 15 is 0 Å². The number of hydrogen-bond donors (Lipinski definition) is 1. The summed E-state index contributed by atoms with van der Waals surface area (Å²) >= 11 is 0. The quantitative estimate of drug-likeness (QED) is 0.849. The molecule has 0 radical (unpaired) electrons. The summed E-state index contributed by atoms with van der Waals surface area (Å²) in [5.74, 6) is -0.239. The van der Waals surface area contributed by atoms with E-state index in [0.29, 0.717) is 18.1 Å². The number of rotatable bonds is 4. The van der Waals surface area contributed by atoms with Crippen LogP contribution in [-0.4, -0.2) is 68.3 Å². The van der Waals surface area contributed by atoms with Crippen molar-refractivity contribution in [2.45, 2.75) is 63.4 Å². The molecule has 1 N–H and O–H groups in total. The molecule has 0 bridgehead atoms. The maximum Gasteiger partial charge on any atom is 0.168 e. The van der Waals surface area contributed by atoms with E-state index in [1.165, 1.54) is 0 Å². The van der Waals surface area contributed by atoms with Crippen LogP contribution in [0.3, 0.4) is 0 Å². The molecule has 0 aromatic rings. The predicted octanol–water partition coefficient (Wildman–Crippen LogP) is 1.37. The molecular formula is C16H30N2O3. The van der Waals surface area contributed by atoms with Gasteiger partial charge in [0.1, 0.15) is 0 Å². The molecule has 1 aliphatic carbocycles. The molecule has 2 saturated heterocycles. The van der Waals surface area contributed by atoms with Crippen LogP contribution in [0.5, 0.6) is 0 Å². The molecule has 0 unspecified atom stereocenters. The third-order valence-corrected chi connectivity index (χ3v) is 5.40. The molecule has 1 saturated carbocycles. The summed E-state index contributed by atoms with van der Waals surface area (Å²) < 4.78 is 17.1. The summed E-state index contributed by atoms with van der Waals surface area (Å²) in [6.07, 6.45) is 4.37. The molecule has 5 heteroatoms. The van der Waals surface area contributed by atoms with Gasteiger partial charge in [-0.05, 0) is 26.7 Å². The van der Waals surface area contributed by atoms with Crippen molar-refractivity contribution in [1.82, 2.24) is 10.2 Å². The van der Waals surface area contributed by atoms with Gasteiger partial charge < -0.3 is 19.5 Å². The molecule has 2 heterocycles.